The van der Waals surface area contributed by atoms with Gasteiger partial charge >= 0.3 is 0 Å². The average Bonchev–Trinajstić information content (AvgIpc) is 2.47. The van der Waals surface area contributed by atoms with Crippen LogP contribution in [0.4, 0.5) is 5.82 Å². The second-order valence-electron chi connectivity index (χ2n) is 4.42. The van der Waals surface area contributed by atoms with Crippen molar-refractivity contribution in [2.75, 3.05) is 18.4 Å². The molecular weight excluding hydrogens is 242 g/mol. The fourth-order valence-corrected chi connectivity index (χ4v) is 1.97. The van der Waals surface area contributed by atoms with Crippen molar-refractivity contribution in [2.45, 2.75) is 19.3 Å². The van der Waals surface area contributed by atoms with Gasteiger partial charge in [0.2, 0.25) is 11.8 Å². The molecule has 2 rings (SSSR count). The highest BCUT2D eigenvalue weighted by atomic mass is 16.2. The molecule has 0 bridgehead atoms. The second kappa shape index (κ2) is 6.68. The third-order valence-corrected chi connectivity index (χ3v) is 2.96. The van der Waals surface area contributed by atoms with Gasteiger partial charge in [-0.25, -0.2) is 4.98 Å². The van der Waals surface area contributed by atoms with Gasteiger partial charge in [-0.15, -0.1) is 0 Å². The molecule has 0 saturated carbocycles. The summed E-state index contributed by atoms with van der Waals surface area (Å²) < 4.78 is 0. The highest BCUT2D eigenvalue weighted by Crippen LogP contribution is 2.09. The van der Waals surface area contributed by atoms with Crippen molar-refractivity contribution in [1.29, 1.82) is 0 Å². The van der Waals surface area contributed by atoms with Gasteiger partial charge in [0.05, 0.1) is 0 Å². The number of hydrogen-bond acceptors (Lipinski definition) is 3. The molecule has 1 aliphatic rings. The molecule has 1 aliphatic heterocycles. The van der Waals surface area contributed by atoms with E-state index < -0.39 is 0 Å². The Balaban J connectivity index is 1.84. The summed E-state index contributed by atoms with van der Waals surface area (Å²) in [4.78, 5) is 29.1. The van der Waals surface area contributed by atoms with Crippen LogP contribution in [0.25, 0.3) is 0 Å². The number of anilines is 1. The zero-order valence-corrected chi connectivity index (χ0v) is 10.7. The fourth-order valence-electron chi connectivity index (χ4n) is 1.97. The fraction of sp³-hybridized carbons (Fsp3) is 0.357. The van der Waals surface area contributed by atoms with E-state index >= 15 is 0 Å². The summed E-state index contributed by atoms with van der Waals surface area (Å²) in [6, 6.07) is 5.24. The predicted molar refractivity (Wildman–Crippen MR) is 72.4 cm³/mol. The van der Waals surface area contributed by atoms with Crippen molar-refractivity contribution in [3.8, 4) is 0 Å². The van der Waals surface area contributed by atoms with Gasteiger partial charge in [-0.3, -0.25) is 9.59 Å². The van der Waals surface area contributed by atoms with Gasteiger partial charge in [-0.2, -0.15) is 0 Å². The molecular formula is C14H17N3O2. The highest BCUT2D eigenvalue weighted by Gasteiger charge is 2.13. The van der Waals surface area contributed by atoms with Crippen molar-refractivity contribution in [3.05, 3.63) is 36.5 Å². The molecule has 1 N–H and O–H groups in total. The Hall–Kier alpha value is -2.17. The Morgan fingerprint density at radius 3 is 2.63 bits per heavy atom. The quantitative estimate of drug-likeness (QED) is 0.838. The van der Waals surface area contributed by atoms with Gasteiger partial charge in [-0.05, 0) is 31.4 Å². The van der Waals surface area contributed by atoms with Crippen LogP contribution in [-0.4, -0.2) is 34.8 Å². The van der Waals surface area contributed by atoms with Crippen LogP contribution in [0.2, 0.25) is 0 Å². The maximum atomic E-state index is 11.8. The minimum Gasteiger partial charge on any atom is -0.339 e. The first-order chi connectivity index (χ1) is 9.25. The SMILES string of the molecule is O=C(C=CC(=O)N1CCCCC1)Nc1ccccn1. The molecule has 5 heteroatoms. The first-order valence-electron chi connectivity index (χ1n) is 6.45. The number of amides is 2. The summed E-state index contributed by atoms with van der Waals surface area (Å²) in [7, 11) is 0. The number of nitrogens with one attached hydrogen (secondary N) is 1. The lowest BCUT2D eigenvalue weighted by atomic mass is 10.1. The van der Waals surface area contributed by atoms with E-state index in [-0.39, 0.29) is 11.8 Å². The molecule has 2 heterocycles. The molecule has 0 spiro atoms. The van der Waals surface area contributed by atoms with Crippen molar-refractivity contribution < 1.29 is 9.59 Å². The van der Waals surface area contributed by atoms with Crippen molar-refractivity contribution in [2.24, 2.45) is 0 Å². The number of nitrogens with zero attached hydrogens (tertiary/aromatic N) is 2. The molecule has 19 heavy (non-hydrogen) atoms. The molecule has 5 nitrogen and oxygen atoms in total. The van der Waals surface area contributed by atoms with Gasteiger partial charge in [-0.1, -0.05) is 6.07 Å². The Kier molecular flexibility index (Phi) is 4.66. The van der Waals surface area contributed by atoms with E-state index in [1.54, 1.807) is 29.3 Å². The summed E-state index contributed by atoms with van der Waals surface area (Å²) in [5, 5.41) is 2.59. The van der Waals surface area contributed by atoms with Crippen LogP contribution in [0.3, 0.4) is 0 Å². The van der Waals surface area contributed by atoms with E-state index in [9.17, 15) is 9.59 Å². The van der Waals surface area contributed by atoms with Gasteiger partial charge in [0.1, 0.15) is 5.82 Å². The van der Waals surface area contributed by atoms with E-state index in [1.165, 1.54) is 18.6 Å². The summed E-state index contributed by atoms with van der Waals surface area (Å²) in [6.45, 7) is 1.57. The van der Waals surface area contributed by atoms with Gasteiger partial charge < -0.3 is 10.2 Å². The zero-order chi connectivity index (χ0) is 13.5. The van der Waals surface area contributed by atoms with E-state index in [0.717, 1.165) is 25.9 Å². The zero-order valence-electron chi connectivity index (χ0n) is 10.7. The molecule has 100 valence electrons. The Morgan fingerprint density at radius 1 is 1.16 bits per heavy atom. The molecule has 1 fully saturated rings. The van der Waals surface area contributed by atoms with Gasteiger partial charge in [0, 0.05) is 31.4 Å². The van der Waals surface area contributed by atoms with Crippen LogP contribution in [0.5, 0.6) is 0 Å². The molecule has 0 unspecified atom stereocenters. The standard InChI is InChI=1S/C14H17N3O2/c18-13(16-12-6-2-3-9-15-12)7-8-14(19)17-10-4-1-5-11-17/h2-3,6-9H,1,4-5,10-11H2,(H,15,16,18). The molecule has 0 aliphatic carbocycles. The average molecular weight is 259 g/mol. The number of hydrogen-bond donors (Lipinski definition) is 1. The third kappa shape index (κ3) is 4.21. The molecule has 0 aromatic carbocycles. The Morgan fingerprint density at radius 2 is 1.95 bits per heavy atom. The summed E-state index contributed by atoms with van der Waals surface area (Å²) in [6.07, 6.45) is 7.43. The summed E-state index contributed by atoms with van der Waals surface area (Å²) in [5.74, 6) is 0.0301. The highest BCUT2D eigenvalue weighted by molar-refractivity contribution is 6.03. The van der Waals surface area contributed by atoms with Crippen molar-refractivity contribution in [1.82, 2.24) is 9.88 Å². The van der Waals surface area contributed by atoms with Crippen LogP contribution in [0.1, 0.15) is 19.3 Å². The van der Waals surface area contributed by atoms with E-state index in [0.29, 0.717) is 5.82 Å². The van der Waals surface area contributed by atoms with Crippen LogP contribution >= 0.6 is 0 Å². The predicted octanol–water partition coefficient (Wildman–Crippen LogP) is 1.59. The lowest BCUT2D eigenvalue weighted by Crippen LogP contribution is -2.34. The van der Waals surface area contributed by atoms with Crippen LogP contribution in [0, 0.1) is 0 Å². The first kappa shape index (κ1) is 13.3. The number of aromatic nitrogens is 1. The number of likely N-dealkylation sites (tertiary alicyclic amines) is 1. The van der Waals surface area contributed by atoms with Crippen molar-refractivity contribution in [3.63, 3.8) is 0 Å². The number of rotatable bonds is 3. The number of pyridine rings is 1. The van der Waals surface area contributed by atoms with Crippen LogP contribution in [0.15, 0.2) is 36.5 Å². The molecule has 0 atom stereocenters. The van der Waals surface area contributed by atoms with Gasteiger partial charge in [0.25, 0.3) is 0 Å². The van der Waals surface area contributed by atoms with Crippen LogP contribution in [-0.2, 0) is 9.59 Å². The normalized spacial score (nSPS) is 15.5. The molecule has 0 radical (unpaired) electrons. The van der Waals surface area contributed by atoms with Gasteiger partial charge in [0.15, 0.2) is 0 Å². The summed E-state index contributed by atoms with van der Waals surface area (Å²) >= 11 is 0. The Bertz CT molecular complexity index is 465. The number of carbonyl (C=O) groups excluding carboxylic acids is 2. The smallest absolute Gasteiger partial charge is 0.249 e. The van der Waals surface area contributed by atoms with E-state index in [2.05, 4.69) is 10.3 Å². The monoisotopic (exact) mass is 259 g/mol. The first-order valence-corrected chi connectivity index (χ1v) is 6.45. The Labute approximate surface area is 112 Å². The molecule has 1 aromatic heterocycles. The number of piperidine rings is 1. The topological polar surface area (TPSA) is 62.3 Å². The number of carbonyl (C=O) groups is 2. The van der Waals surface area contributed by atoms with E-state index in [4.69, 9.17) is 0 Å². The van der Waals surface area contributed by atoms with Crippen LogP contribution < -0.4 is 5.32 Å². The maximum Gasteiger partial charge on any atom is 0.249 e. The second-order valence-corrected chi connectivity index (χ2v) is 4.42. The molecule has 1 aromatic rings. The van der Waals surface area contributed by atoms with E-state index in [1.807, 2.05) is 0 Å². The lowest BCUT2D eigenvalue weighted by molar-refractivity contribution is -0.127. The summed E-state index contributed by atoms with van der Waals surface area (Å²) in [5.41, 5.74) is 0. The lowest BCUT2D eigenvalue weighted by Gasteiger charge is -2.25. The minimum atomic E-state index is -0.343. The van der Waals surface area contributed by atoms with Crippen molar-refractivity contribution >= 4 is 17.6 Å². The maximum absolute atomic E-state index is 11.8. The minimum absolute atomic E-state index is 0.101. The molecule has 1 saturated heterocycles. The molecule has 2 amide bonds. The largest absolute Gasteiger partial charge is 0.339 e. The third-order valence-electron chi connectivity index (χ3n) is 2.96.